The van der Waals surface area contributed by atoms with Crippen LogP contribution in [0.4, 0.5) is 0 Å². The molecule has 0 aliphatic carbocycles. The maximum Gasteiger partial charge on any atom is 0.250 e. The minimum Gasteiger partial charge on any atom is -0.503 e. The number of hydrazone groups is 1. The Hall–Kier alpha value is -3.83. The number of ether oxygens (including phenoxy) is 2. The number of aromatic nitrogens is 3. The zero-order chi connectivity index (χ0) is 25.5. The van der Waals surface area contributed by atoms with Crippen LogP contribution >= 0.6 is 27.7 Å². The Morgan fingerprint density at radius 1 is 1.11 bits per heavy atom. The number of para-hydroxylation sites is 1. The second-order valence-electron chi connectivity index (χ2n) is 7.34. The normalized spacial score (nSPS) is 11.0. The highest BCUT2D eigenvalue weighted by atomic mass is 79.9. The molecule has 0 aliphatic heterocycles. The third-order valence-electron chi connectivity index (χ3n) is 5.00. The van der Waals surface area contributed by atoms with Gasteiger partial charge < -0.3 is 14.6 Å². The van der Waals surface area contributed by atoms with E-state index in [2.05, 4.69) is 36.7 Å². The number of amides is 1. The quantitative estimate of drug-likeness (QED) is 0.172. The van der Waals surface area contributed by atoms with Gasteiger partial charge in [-0.05, 0) is 70.0 Å². The van der Waals surface area contributed by atoms with Gasteiger partial charge in [0, 0.05) is 11.3 Å². The monoisotopic (exact) mass is 567 g/mol. The van der Waals surface area contributed by atoms with E-state index < -0.39 is 0 Å². The van der Waals surface area contributed by atoms with Crippen molar-refractivity contribution in [3.8, 4) is 34.3 Å². The summed E-state index contributed by atoms with van der Waals surface area (Å²) in [6, 6.07) is 20.5. The molecule has 0 saturated carbocycles. The van der Waals surface area contributed by atoms with Crippen molar-refractivity contribution >= 4 is 39.8 Å². The van der Waals surface area contributed by atoms with E-state index in [-0.39, 0.29) is 17.4 Å². The van der Waals surface area contributed by atoms with Crippen molar-refractivity contribution in [3.05, 3.63) is 76.8 Å². The summed E-state index contributed by atoms with van der Waals surface area (Å²) in [5, 5.41) is 23.2. The highest BCUT2D eigenvalue weighted by Crippen LogP contribution is 2.34. The molecule has 4 rings (SSSR count). The topological polar surface area (TPSA) is 111 Å². The number of methoxy groups -OCH3 is 2. The van der Waals surface area contributed by atoms with Gasteiger partial charge in [0.1, 0.15) is 5.75 Å². The Balaban J connectivity index is 1.48. The molecule has 0 spiro atoms. The molecule has 0 saturated heterocycles. The lowest BCUT2D eigenvalue weighted by Crippen LogP contribution is -2.20. The number of carbonyl (C=O) groups excluding carboxylic acids is 1. The van der Waals surface area contributed by atoms with Crippen LogP contribution in [0, 0.1) is 0 Å². The van der Waals surface area contributed by atoms with Crippen LogP contribution in [0.15, 0.2) is 81.5 Å². The van der Waals surface area contributed by atoms with E-state index in [4.69, 9.17) is 9.47 Å². The van der Waals surface area contributed by atoms with E-state index in [1.807, 2.05) is 59.2 Å². The molecule has 0 unspecified atom stereocenters. The van der Waals surface area contributed by atoms with Gasteiger partial charge in [-0.3, -0.25) is 9.36 Å². The van der Waals surface area contributed by atoms with Crippen LogP contribution in [0.2, 0.25) is 0 Å². The first-order valence-corrected chi connectivity index (χ1v) is 12.4. The highest BCUT2D eigenvalue weighted by molar-refractivity contribution is 9.10. The van der Waals surface area contributed by atoms with Gasteiger partial charge in [0.05, 0.1) is 30.7 Å². The minimum atomic E-state index is -0.310. The first-order valence-electron chi connectivity index (χ1n) is 10.7. The van der Waals surface area contributed by atoms with Crippen LogP contribution in [0.5, 0.6) is 17.2 Å². The molecule has 11 heteroatoms. The summed E-state index contributed by atoms with van der Waals surface area (Å²) in [5.74, 6) is 1.45. The molecule has 4 aromatic rings. The first kappa shape index (κ1) is 25.3. The van der Waals surface area contributed by atoms with Gasteiger partial charge in [0.15, 0.2) is 22.5 Å². The van der Waals surface area contributed by atoms with Crippen LogP contribution in [-0.2, 0) is 4.79 Å². The van der Waals surface area contributed by atoms with E-state index in [0.717, 1.165) is 17.0 Å². The SMILES string of the molecule is COc1ccc(-c2nnc(SCC(=O)NN=Cc3cc(Br)c(O)c(OC)c3)n2-c2ccccc2)cc1. The van der Waals surface area contributed by atoms with Gasteiger partial charge in [-0.1, -0.05) is 30.0 Å². The first-order chi connectivity index (χ1) is 17.5. The number of aromatic hydroxyl groups is 1. The third-order valence-corrected chi connectivity index (χ3v) is 6.54. The number of hydrogen-bond acceptors (Lipinski definition) is 8. The summed E-state index contributed by atoms with van der Waals surface area (Å²) in [5.41, 5.74) is 4.88. The van der Waals surface area contributed by atoms with Crippen molar-refractivity contribution in [1.29, 1.82) is 0 Å². The van der Waals surface area contributed by atoms with Crippen LogP contribution in [-0.4, -0.2) is 52.0 Å². The molecule has 0 atom stereocenters. The summed E-state index contributed by atoms with van der Waals surface area (Å²) in [6.07, 6.45) is 1.46. The van der Waals surface area contributed by atoms with Crippen molar-refractivity contribution in [2.24, 2.45) is 5.10 Å². The average molecular weight is 568 g/mol. The zero-order valence-electron chi connectivity index (χ0n) is 19.4. The number of nitrogens with one attached hydrogen (secondary N) is 1. The van der Waals surface area contributed by atoms with Crippen molar-refractivity contribution in [2.75, 3.05) is 20.0 Å². The highest BCUT2D eigenvalue weighted by Gasteiger charge is 2.17. The van der Waals surface area contributed by atoms with Crippen molar-refractivity contribution in [1.82, 2.24) is 20.2 Å². The molecular formula is C25H22BrN5O4S. The minimum absolute atomic E-state index is 0.00776. The molecule has 0 bridgehead atoms. The Bertz CT molecular complexity index is 1380. The predicted octanol–water partition coefficient (Wildman–Crippen LogP) is 4.66. The van der Waals surface area contributed by atoms with E-state index in [0.29, 0.717) is 26.8 Å². The number of nitrogens with zero attached hydrogens (tertiary/aromatic N) is 4. The second-order valence-corrected chi connectivity index (χ2v) is 9.14. The van der Waals surface area contributed by atoms with E-state index >= 15 is 0 Å². The predicted molar refractivity (Wildman–Crippen MR) is 142 cm³/mol. The van der Waals surface area contributed by atoms with Crippen LogP contribution in [0.3, 0.4) is 0 Å². The van der Waals surface area contributed by atoms with Crippen molar-refractivity contribution in [3.63, 3.8) is 0 Å². The summed E-state index contributed by atoms with van der Waals surface area (Å²) in [7, 11) is 3.07. The molecule has 0 aliphatic rings. The van der Waals surface area contributed by atoms with Crippen LogP contribution < -0.4 is 14.9 Å². The number of phenols is 1. The van der Waals surface area contributed by atoms with E-state index in [9.17, 15) is 9.90 Å². The Morgan fingerprint density at radius 3 is 2.56 bits per heavy atom. The molecule has 0 fully saturated rings. The van der Waals surface area contributed by atoms with Crippen LogP contribution in [0.25, 0.3) is 17.1 Å². The molecule has 1 heterocycles. The number of hydrogen-bond donors (Lipinski definition) is 2. The van der Waals surface area contributed by atoms with Gasteiger partial charge in [0.2, 0.25) is 0 Å². The Labute approximate surface area is 220 Å². The smallest absolute Gasteiger partial charge is 0.250 e. The molecule has 1 amide bonds. The summed E-state index contributed by atoms with van der Waals surface area (Å²) in [4.78, 5) is 12.5. The summed E-state index contributed by atoms with van der Waals surface area (Å²) < 4.78 is 12.7. The lowest BCUT2D eigenvalue weighted by molar-refractivity contribution is -0.118. The van der Waals surface area contributed by atoms with Gasteiger partial charge >= 0.3 is 0 Å². The third kappa shape index (κ3) is 5.86. The van der Waals surface area contributed by atoms with Crippen LogP contribution in [0.1, 0.15) is 5.56 Å². The fourth-order valence-electron chi connectivity index (χ4n) is 3.27. The number of rotatable bonds is 9. The number of carbonyl (C=O) groups is 1. The Kier molecular flexibility index (Phi) is 8.24. The summed E-state index contributed by atoms with van der Waals surface area (Å²) >= 11 is 4.51. The number of thioether (sulfide) groups is 1. The Morgan fingerprint density at radius 2 is 1.86 bits per heavy atom. The average Bonchev–Trinajstić information content (AvgIpc) is 3.34. The molecule has 184 valence electrons. The maximum absolute atomic E-state index is 12.5. The lowest BCUT2D eigenvalue weighted by Gasteiger charge is -2.10. The van der Waals surface area contributed by atoms with Gasteiger partial charge in [-0.25, -0.2) is 5.43 Å². The molecule has 36 heavy (non-hydrogen) atoms. The standard InChI is InChI=1S/C25H22BrN5O4S/c1-34-19-10-8-17(9-11-19)24-29-30-25(31(24)18-6-4-3-5-7-18)36-15-22(32)28-27-14-16-12-20(26)23(33)21(13-16)35-2/h3-14,33H,15H2,1-2H3,(H,28,32). The van der Waals surface area contributed by atoms with Crippen molar-refractivity contribution < 1.29 is 19.4 Å². The number of benzene rings is 3. The molecule has 3 aromatic carbocycles. The summed E-state index contributed by atoms with van der Waals surface area (Å²) in [6.45, 7) is 0. The molecule has 9 nitrogen and oxygen atoms in total. The largest absolute Gasteiger partial charge is 0.503 e. The molecule has 0 radical (unpaired) electrons. The second kappa shape index (κ2) is 11.7. The van der Waals surface area contributed by atoms with Gasteiger partial charge in [0.25, 0.3) is 5.91 Å². The number of halogens is 1. The van der Waals surface area contributed by atoms with E-state index in [1.165, 1.54) is 25.1 Å². The van der Waals surface area contributed by atoms with Gasteiger partial charge in [-0.15, -0.1) is 10.2 Å². The fourth-order valence-corrected chi connectivity index (χ4v) is 4.47. The number of phenolic OH excluding ortho intramolecular Hbond substituents is 1. The fraction of sp³-hybridized carbons (Fsp3) is 0.120. The molecular weight excluding hydrogens is 546 g/mol. The lowest BCUT2D eigenvalue weighted by atomic mass is 10.2. The maximum atomic E-state index is 12.5. The van der Waals surface area contributed by atoms with Gasteiger partial charge in [-0.2, -0.15) is 5.10 Å². The van der Waals surface area contributed by atoms with E-state index in [1.54, 1.807) is 19.2 Å². The van der Waals surface area contributed by atoms with Crippen molar-refractivity contribution in [2.45, 2.75) is 5.16 Å². The zero-order valence-corrected chi connectivity index (χ0v) is 21.8. The molecule has 2 N–H and O–H groups in total. The molecule has 1 aromatic heterocycles.